The van der Waals surface area contributed by atoms with Crippen LogP contribution in [0.5, 0.6) is 5.75 Å². The van der Waals surface area contributed by atoms with Crippen molar-refractivity contribution in [2.75, 3.05) is 25.1 Å². The van der Waals surface area contributed by atoms with Crippen LogP contribution in [0.2, 0.25) is 0 Å². The third-order valence-corrected chi connectivity index (χ3v) is 4.45. The van der Waals surface area contributed by atoms with Crippen LogP contribution in [0.1, 0.15) is 18.1 Å². The Morgan fingerprint density at radius 3 is 2.41 bits per heavy atom. The Labute approximate surface area is 185 Å². The number of nitrogens with one attached hydrogen (secondary N) is 2. The lowest BCUT2D eigenvalue weighted by Gasteiger charge is -2.12. The molecule has 1 fully saturated rings. The lowest BCUT2D eigenvalue weighted by molar-refractivity contribution is -0.145. The summed E-state index contributed by atoms with van der Waals surface area (Å²) in [7, 11) is 0. The van der Waals surface area contributed by atoms with Crippen molar-refractivity contribution in [3.8, 4) is 5.75 Å². The summed E-state index contributed by atoms with van der Waals surface area (Å²) in [5.41, 5.74) is 2.31. The maximum Gasteiger partial charge on any atom is 0.344 e. The number of hydrogen-bond acceptors (Lipinski definition) is 6. The molecule has 1 aliphatic rings. The third kappa shape index (κ3) is 5.94. The number of carbonyl (C=O) groups excluding carboxylic acids is 4. The zero-order chi connectivity index (χ0) is 23.1. The van der Waals surface area contributed by atoms with E-state index in [2.05, 4.69) is 10.6 Å². The number of urea groups is 1. The van der Waals surface area contributed by atoms with Crippen molar-refractivity contribution in [3.05, 3.63) is 65.4 Å². The maximum atomic E-state index is 12.6. The number of nitrogens with zero attached hydrogens (tertiary/aromatic N) is 1. The number of ether oxygens (including phenoxy) is 2. The topological polar surface area (TPSA) is 114 Å². The van der Waals surface area contributed by atoms with Gasteiger partial charge in [0.25, 0.3) is 5.91 Å². The van der Waals surface area contributed by atoms with Gasteiger partial charge in [-0.3, -0.25) is 9.59 Å². The normalized spacial score (nSPS) is 14.3. The minimum Gasteiger partial charge on any atom is -0.482 e. The van der Waals surface area contributed by atoms with E-state index in [9.17, 15) is 19.2 Å². The first-order valence-electron chi connectivity index (χ1n) is 9.95. The maximum absolute atomic E-state index is 12.6. The molecule has 2 aromatic rings. The molecule has 166 valence electrons. The molecule has 0 aromatic heterocycles. The molecule has 1 heterocycles. The molecule has 4 amide bonds. The molecule has 0 spiro atoms. The number of imide groups is 1. The first-order valence-corrected chi connectivity index (χ1v) is 9.95. The van der Waals surface area contributed by atoms with Crippen molar-refractivity contribution >= 4 is 35.6 Å². The van der Waals surface area contributed by atoms with Crippen LogP contribution >= 0.6 is 0 Å². The van der Waals surface area contributed by atoms with Gasteiger partial charge in [-0.2, -0.15) is 0 Å². The lowest BCUT2D eigenvalue weighted by Crippen LogP contribution is -2.38. The van der Waals surface area contributed by atoms with Crippen molar-refractivity contribution in [3.63, 3.8) is 0 Å². The Balaban J connectivity index is 1.59. The fourth-order valence-corrected chi connectivity index (χ4v) is 2.87. The van der Waals surface area contributed by atoms with Gasteiger partial charge in [0, 0.05) is 5.69 Å². The van der Waals surface area contributed by atoms with E-state index < -0.39 is 30.4 Å². The van der Waals surface area contributed by atoms with Gasteiger partial charge in [0.05, 0.1) is 6.61 Å². The van der Waals surface area contributed by atoms with Crippen LogP contribution < -0.4 is 15.4 Å². The smallest absolute Gasteiger partial charge is 0.344 e. The van der Waals surface area contributed by atoms with Crippen molar-refractivity contribution in [1.29, 1.82) is 0 Å². The zero-order valence-electron chi connectivity index (χ0n) is 17.7. The highest BCUT2D eigenvalue weighted by atomic mass is 16.6. The fraction of sp³-hybridized carbons (Fsp3) is 0.217. The molecule has 9 nitrogen and oxygen atoms in total. The highest BCUT2D eigenvalue weighted by molar-refractivity contribution is 6.15. The minimum absolute atomic E-state index is 0.0540. The second-order valence-corrected chi connectivity index (χ2v) is 6.96. The van der Waals surface area contributed by atoms with E-state index in [1.165, 1.54) is 6.08 Å². The van der Waals surface area contributed by atoms with Gasteiger partial charge in [-0.15, -0.1) is 0 Å². The lowest BCUT2D eigenvalue weighted by atomic mass is 10.2. The number of hydrogen-bond donors (Lipinski definition) is 2. The first kappa shape index (κ1) is 22.5. The number of anilines is 1. The number of benzene rings is 2. The van der Waals surface area contributed by atoms with E-state index in [4.69, 9.17) is 9.47 Å². The van der Waals surface area contributed by atoms with Gasteiger partial charge >= 0.3 is 12.0 Å². The average Bonchev–Trinajstić information content (AvgIpc) is 3.02. The Morgan fingerprint density at radius 1 is 1.06 bits per heavy atom. The second-order valence-electron chi connectivity index (χ2n) is 6.96. The molecule has 1 aliphatic heterocycles. The first-order chi connectivity index (χ1) is 15.4. The molecule has 32 heavy (non-hydrogen) atoms. The van der Waals surface area contributed by atoms with Crippen LogP contribution in [0.15, 0.2) is 54.2 Å². The van der Waals surface area contributed by atoms with Crippen LogP contribution in [0.25, 0.3) is 6.08 Å². The SMILES string of the molecule is CCOC(=O)COc1ccc(/C=C2/NC(=O)N(CC(=O)Nc3ccc(C)cc3)C2=O)cc1. The molecular formula is C23H23N3O6. The molecule has 0 bridgehead atoms. The van der Waals surface area contributed by atoms with Crippen molar-refractivity contribution in [1.82, 2.24) is 10.2 Å². The van der Waals surface area contributed by atoms with E-state index in [0.717, 1.165) is 10.5 Å². The standard InChI is InChI=1S/C23H23N3O6/c1-3-31-21(28)14-32-18-10-6-16(7-11-18)12-19-22(29)26(23(30)25-19)13-20(27)24-17-8-4-15(2)5-9-17/h4-12H,3,13-14H2,1-2H3,(H,24,27)(H,25,30)/b19-12+. The van der Waals surface area contributed by atoms with Gasteiger partial charge in [-0.05, 0) is 49.8 Å². The van der Waals surface area contributed by atoms with E-state index in [1.54, 1.807) is 43.3 Å². The monoisotopic (exact) mass is 437 g/mol. The van der Waals surface area contributed by atoms with E-state index >= 15 is 0 Å². The third-order valence-electron chi connectivity index (χ3n) is 4.45. The van der Waals surface area contributed by atoms with Gasteiger partial charge < -0.3 is 20.1 Å². The number of aryl methyl sites for hydroxylation is 1. The Kier molecular flexibility index (Phi) is 7.22. The minimum atomic E-state index is -0.672. The average molecular weight is 437 g/mol. The molecule has 2 aromatic carbocycles. The Bertz CT molecular complexity index is 1040. The number of amides is 4. The second kappa shape index (κ2) is 10.3. The highest BCUT2D eigenvalue weighted by Gasteiger charge is 2.34. The molecular weight excluding hydrogens is 414 g/mol. The molecule has 1 saturated heterocycles. The number of carbonyl (C=O) groups is 4. The van der Waals surface area contributed by atoms with Crippen molar-refractivity contribution < 1.29 is 28.7 Å². The molecule has 0 radical (unpaired) electrons. The fourth-order valence-electron chi connectivity index (χ4n) is 2.87. The van der Waals surface area contributed by atoms with Gasteiger partial charge in [0.15, 0.2) is 6.61 Å². The zero-order valence-corrected chi connectivity index (χ0v) is 17.7. The van der Waals surface area contributed by atoms with Gasteiger partial charge in [0.2, 0.25) is 5.91 Å². The van der Waals surface area contributed by atoms with Crippen molar-refractivity contribution in [2.24, 2.45) is 0 Å². The molecule has 9 heteroatoms. The summed E-state index contributed by atoms with van der Waals surface area (Å²) in [6.45, 7) is 3.30. The molecule has 0 unspecified atom stereocenters. The van der Waals surface area contributed by atoms with Crippen LogP contribution in [0.3, 0.4) is 0 Å². The van der Waals surface area contributed by atoms with Crippen LogP contribution in [-0.4, -0.2) is 48.5 Å². The Morgan fingerprint density at radius 2 is 1.75 bits per heavy atom. The van der Waals surface area contributed by atoms with Crippen LogP contribution in [-0.2, 0) is 19.1 Å². The van der Waals surface area contributed by atoms with Crippen LogP contribution in [0, 0.1) is 6.92 Å². The molecule has 2 N–H and O–H groups in total. The summed E-state index contributed by atoms with van der Waals surface area (Å²) in [6, 6.07) is 13.1. The van der Waals surface area contributed by atoms with Crippen LogP contribution in [0.4, 0.5) is 10.5 Å². The summed E-state index contributed by atoms with van der Waals surface area (Å²) >= 11 is 0. The van der Waals surface area contributed by atoms with E-state index in [0.29, 0.717) is 17.0 Å². The largest absolute Gasteiger partial charge is 0.482 e. The summed E-state index contributed by atoms with van der Waals surface area (Å²) in [4.78, 5) is 49.2. The summed E-state index contributed by atoms with van der Waals surface area (Å²) in [6.07, 6.45) is 1.49. The quantitative estimate of drug-likeness (QED) is 0.373. The van der Waals surface area contributed by atoms with Gasteiger partial charge in [-0.1, -0.05) is 29.8 Å². The predicted octanol–water partition coefficient (Wildman–Crippen LogP) is 2.47. The Hall–Kier alpha value is -4.14. The highest BCUT2D eigenvalue weighted by Crippen LogP contribution is 2.18. The molecule has 0 saturated carbocycles. The number of esters is 1. The van der Waals surface area contributed by atoms with E-state index in [1.807, 2.05) is 19.1 Å². The van der Waals surface area contributed by atoms with Gasteiger partial charge in [0.1, 0.15) is 18.0 Å². The number of rotatable bonds is 8. The van der Waals surface area contributed by atoms with Crippen molar-refractivity contribution in [2.45, 2.75) is 13.8 Å². The molecule has 0 aliphatic carbocycles. The predicted molar refractivity (Wildman–Crippen MR) is 117 cm³/mol. The molecule has 0 atom stereocenters. The summed E-state index contributed by atoms with van der Waals surface area (Å²) in [5.74, 6) is -1.10. The summed E-state index contributed by atoms with van der Waals surface area (Å²) in [5, 5.41) is 5.13. The summed E-state index contributed by atoms with van der Waals surface area (Å²) < 4.78 is 10.1. The molecule has 3 rings (SSSR count). The van der Waals surface area contributed by atoms with E-state index in [-0.39, 0.29) is 18.9 Å². The van der Waals surface area contributed by atoms with Gasteiger partial charge in [-0.25, -0.2) is 14.5 Å².